The van der Waals surface area contributed by atoms with Crippen LogP contribution in [0.2, 0.25) is 0 Å². The maximum atomic E-state index is 4.51. The average Bonchev–Trinajstić information content (AvgIpc) is 2.83. The highest BCUT2D eigenvalue weighted by Crippen LogP contribution is 2.21. The molecule has 0 aromatic carbocycles. The van der Waals surface area contributed by atoms with Crippen molar-refractivity contribution in [2.24, 2.45) is 0 Å². The molecular formula is C14H26N2S. The Labute approximate surface area is 110 Å². The Morgan fingerprint density at radius 2 is 2.12 bits per heavy atom. The second-order valence-corrected chi connectivity index (χ2v) is 5.80. The molecule has 0 radical (unpaired) electrons. The number of nitrogens with zero attached hydrogens (tertiary/aromatic N) is 1. The SMILES string of the molecule is CCCCC(CC)NC(C)c1ncc(CC)s1. The van der Waals surface area contributed by atoms with Crippen LogP contribution < -0.4 is 5.32 Å². The summed E-state index contributed by atoms with van der Waals surface area (Å²) in [6, 6.07) is 1.03. The summed E-state index contributed by atoms with van der Waals surface area (Å²) in [6.45, 7) is 8.93. The molecule has 1 aromatic heterocycles. The van der Waals surface area contributed by atoms with E-state index in [0.29, 0.717) is 12.1 Å². The van der Waals surface area contributed by atoms with E-state index in [4.69, 9.17) is 0 Å². The Kier molecular flexibility index (Phi) is 6.75. The highest BCUT2D eigenvalue weighted by molar-refractivity contribution is 7.11. The van der Waals surface area contributed by atoms with Gasteiger partial charge in [0.25, 0.3) is 0 Å². The minimum Gasteiger partial charge on any atom is -0.305 e. The fourth-order valence-electron chi connectivity index (χ4n) is 1.97. The topological polar surface area (TPSA) is 24.9 Å². The Balaban J connectivity index is 2.48. The monoisotopic (exact) mass is 254 g/mol. The molecule has 0 amide bonds. The first-order chi connectivity index (χ1) is 8.21. The summed E-state index contributed by atoms with van der Waals surface area (Å²) in [6.07, 6.45) is 8.20. The Bertz CT molecular complexity index is 309. The van der Waals surface area contributed by atoms with Gasteiger partial charge in [-0.1, -0.05) is 33.6 Å². The van der Waals surface area contributed by atoms with E-state index < -0.39 is 0 Å². The molecule has 1 N–H and O–H groups in total. The van der Waals surface area contributed by atoms with Crippen LogP contribution in [0, 0.1) is 0 Å². The van der Waals surface area contributed by atoms with E-state index in [-0.39, 0.29) is 0 Å². The summed E-state index contributed by atoms with van der Waals surface area (Å²) in [5.41, 5.74) is 0. The molecule has 3 heteroatoms. The molecule has 98 valence electrons. The molecule has 0 aliphatic heterocycles. The number of unbranched alkanes of at least 4 members (excludes halogenated alkanes) is 1. The van der Waals surface area contributed by atoms with Crippen LogP contribution in [0.3, 0.4) is 0 Å². The fourth-order valence-corrected chi connectivity index (χ4v) is 2.84. The molecule has 2 nitrogen and oxygen atoms in total. The molecule has 1 rings (SSSR count). The van der Waals surface area contributed by atoms with Gasteiger partial charge in [-0.15, -0.1) is 11.3 Å². The summed E-state index contributed by atoms with van der Waals surface area (Å²) >= 11 is 1.84. The van der Waals surface area contributed by atoms with Gasteiger partial charge in [0, 0.05) is 17.1 Å². The Hall–Kier alpha value is -0.410. The molecule has 0 aliphatic carbocycles. The zero-order chi connectivity index (χ0) is 12.7. The molecule has 0 fully saturated rings. The zero-order valence-electron chi connectivity index (χ0n) is 11.6. The molecule has 0 saturated heterocycles. The van der Waals surface area contributed by atoms with Gasteiger partial charge in [0.15, 0.2) is 0 Å². The number of aromatic nitrogens is 1. The predicted molar refractivity (Wildman–Crippen MR) is 76.6 cm³/mol. The number of thiazole rings is 1. The van der Waals surface area contributed by atoms with Crippen LogP contribution in [0.25, 0.3) is 0 Å². The second-order valence-electron chi connectivity index (χ2n) is 4.65. The largest absolute Gasteiger partial charge is 0.305 e. The third-order valence-electron chi connectivity index (χ3n) is 3.17. The van der Waals surface area contributed by atoms with Crippen molar-refractivity contribution in [1.82, 2.24) is 10.3 Å². The number of hydrogen-bond donors (Lipinski definition) is 1. The van der Waals surface area contributed by atoms with Gasteiger partial charge in [-0.2, -0.15) is 0 Å². The third-order valence-corrected chi connectivity index (χ3v) is 4.50. The van der Waals surface area contributed by atoms with Gasteiger partial charge in [0.2, 0.25) is 0 Å². The van der Waals surface area contributed by atoms with Gasteiger partial charge in [0.05, 0.1) is 6.04 Å². The molecule has 1 aromatic rings. The first-order valence-corrected chi connectivity index (χ1v) is 7.73. The van der Waals surface area contributed by atoms with Crippen molar-refractivity contribution in [3.8, 4) is 0 Å². The average molecular weight is 254 g/mol. The summed E-state index contributed by atoms with van der Waals surface area (Å²) in [4.78, 5) is 5.90. The third kappa shape index (κ3) is 4.76. The number of aryl methyl sites for hydroxylation is 1. The standard InChI is InChI=1S/C14H26N2S/c1-5-8-9-12(6-2)16-11(4)14-15-10-13(7-3)17-14/h10-12,16H,5-9H2,1-4H3. The highest BCUT2D eigenvalue weighted by atomic mass is 32.1. The van der Waals surface area contributed by atoms with Crippen molar-refractivity contribution in [2.75, 3.05) is 0 Å². The summed E-state index contributed by atoms with van der Waals surface area (Å²) in [5, 5.41) is 4.94. The van der Waals surface area contributed by atoms with Crippen molar-refractivity contribution < 1.29 is 0 Å². The van der Waals surface area contributed by atoms with Gasteiger partial charge in [-0.05, 0) is 26.2 Å². The lowest BCUT2D eigenvalue weighted by molar-refractivity contribution is 0.409. The van der Waals surface area contributed by atoms with Gasteiger partial charge in [-0.3, -0.25) is 0 Å². The normalized spacial score (nSPS) is 14.8. The fraction of sp³-hybridized carbons (Fsp3) is 0.786. The second kappa shape index (κ2) is 7.83. The van der Waals surface area contributed by atoms with Crippen LogP contribution in [-0.2, 0) is 6.42 Å². The molecule has 17 heavy (non-hydrogen) atoms. The molecule has 0 bridgehead atoms. The van der Waals surface area contributed by atoms with E-state index in [2.05, 4.69) is 38.0 Å². The van der Waals surface area contributed by atoms with Crippen LogP contribution in [0.4, 0.5) is 0 Å². The van der Waals surface area contributed by atoms with Crippen molar-refractivity contribution in [1.29, 1.82) is 0 Å². The number of hydrogen-bond acceptors (Lipinski definition) is 3. The number of rotatable bonds is 8. The van der Waals surface area contributed by atoms with E-state index in [1.807, 2.05) is 17.5 Å². The first-order valence-electron chi connectivity index (χ1n) is 6.91. The minimum absolute atomic E-state index is 0.391. The summed E-state index contributed by atoms with van der Waals surface area (Å²) in [7, 11) is 0. The lowest BCUT2D eigenvalue weighted by Crippen LogP contribution is -2.30. The van der Waals surface area contributed by atoms with Crippen LogP contribution in [-0.4, -0.2) is 11.0 Å². The lowest BCUT2D eigenvalue weighted by Gasteiger charge is -2.20. The van der Waals surface area contributed by atoms with Crippen molar-refractivity contribution >= 4 is 11.3 Å². The Morgan fingerprint density at radius 3 is 2.65 bits per heavy atom. The van der Waals surface area contributed by atoms with Gasteiger partial charge >= 0.3 is 0 Å². The van der Waals surface area contributed by atoms with Crippen LogP contribution in [0.5, 0.6) is 0 Å². The molecule has 0 saturated carbocycles. The van der Waals surface area contributed by atoms with E-state index in [0.717, 1.165) is 6.42 Å². The summed E-state index contributed by atoms with van der Waals surface area (Å²) in [5.74, 6) is 0. The Morgan fingerprint density at radius 1 is 1.35 bits per heavy atom. The lowest BCUT2D eigenvalue weighted by atomic mass is 10.1. The van der Waals surface area contributed by atoms with E-state index in [1.165, 1.54) is 35.6 Å². The van der Waals surface area contributed by atoms with Gasteiger partial charge in [-0.25, -0.2) is 4.98 Å². The van der Waals surface area contributed by atoms with Crippen molar-refractivity contribution in [3.63, 3.8) is 0 Å². The predicted octanol–water partition coefficient (Wildman–Crippen LogP) is 4.32. The summed E-state index contributed by atoms with van der Waals surface area (Å²) < 4.78 is 0. The molecular weight excluding hydrogens is 228 g/mol. The van der Waals surface area contributed by atoms with Crippen LogP contribution >= 0.6 is 11.3 Å². The smallest absolute Gasteiger partial charge is 0.109 e. The van der Waals surface area contributed by atoms with Crippen LogP contribution in [0.1, 0.15) is 69.3 Å². The molecule has 2 atom stereocenters. The first kappa shape index (κ1) is 14.7. The molecule has 0 aliphatic rings. The van der Waals surface area contributed by atoms with Crippen molar-refractivity contribution in [2.45, 2.75) is 71.9 Å². The highest BCUT2D eigenvalue weighted by Gasteiger charge is 2.14. The van der Waals surface area contributed by atoms with E-state index in [1.54, 1.807) is 0 Å². The minimum atomic E-state index is 0.391. The quantitative estimate of drug-likeness (QED) is 0.747. The van der Waals surface area contributed by atoms with Crippen LogP contribution in [0.15, 0.2) is 6.20 Å². The van der Waals surface area contributed by atoms with E-state index >= 15 is 0 Å². The molecule has 2 unspecified atom stereocenters. The number of nitrogens with one attached hydrogen (secondary N) is 1. The maximum Gasteiger partial charge on any atom is 0.109 e. The maximum absolute atomic E-state index is 4.51. The van der Waals surface area contributed by atoms with Gasteiger partial charge < -0.3 is 5.32 Å². The van der Waals surface area contributed by atoms with E-state index in [9.17, 15) is 0 Å². The van der Waals surface area contributed by atoms with Crippen molar-refractivity contribution in [3.05, 3.63) is 16.1 Å². The van der Waals surface area contributed by atoms with Gasteiger partial charge in [0.1, 0.15) is 5.01 Å². The molecule has 0 spiro atoms. The zero-order valence-corrected chi connectivity index (χ0v) is 12.4. The molecule has 1 heterocycles.